The monoisotopic (exact) mass is 269 g/mol. The summed E-state index contributed by atoms with van der Waals surface area (Å²) in [5, 5.41) is 9.05. The number of rotatable bonds is 4. The van der Waals surface area contributed by atoms with Crippen LogP contribution in [0.1, 0.15) is 12.0 Å². The number of benzene rings is 1. The van der Waals surface area contributed by atoms with E-state index in [9.17, 15) is 4.79 Å². The van der Waals surface area contributed by atoms with Gasteiger partial charge in [-0.1, -0.05) is 30.3 Å². The fourth-order valence-electron chi connectivity index (χ4n) is 1.98. The molecule has 18 heavy (non-hydrogen) atoms. The fourth-order valence-corrected chi connectivity index (χ4v) is 1.98. The van der Waals surface area contributed by atoms with E-state index >= 15 is 0 Å². The number of halogens is 1. The molecule has 1 aliphatic rings. The lowest BCUT2D eigenvalue weighted by Gasteiger charge is -2.12. The summed E-state index contributed by atoms with van der Waals surface area (Å²) in [6.45, 7) is 2.55. The number of hydrogen-bond donors (Lipinski definition) is 3. The molecule has 4 nitrogen and oxygen atoms in total. The molecular weight excluding hydrogens is 250 g/mol. The first-order valence-electron chi connectivity index (χ1n) is 6.13. The van der Waals surface area contributed by atoms with Crippen LogP contribution in [0.3, 0.4) is 0 Å². The van der Waals surface area contributed by atoms with E-state index in [1.165, 1.54) is 5.56 Å². The van der Waals surface area contributed by atoms with E-state index < -0.39 is 0 Å². The van der Waals surface area contributed by atoms with Gasteiger partial charge in [0.1, 0.15) is 0 Å². The maximum Gasteiger partial charge on any atom is 0.315 e. The predicted molar refractivity (Wildman–Crippen MR) is 75.2 cm³/mol. The molecule has 1 heterocycles. The average molecular weight is 270 g/mol. The molecule has 1 saturated heterocycles. The van der Waals surface area contributed by atoms with Gasteiger partial charge in [-0.2, -0.15) is 0 Å². The summed E-state index contributed by atoms with van der Waals surface area (Å²) in [5.41, 5.74) is 1.25. The van der Waals surface area contributed by atoms with Crippen molar-refractivity contribution in [3.63, 3.8) is 0 Å². The maximum absolute atomic E-state index is 11.5. The third-order valence-corrected chi connectivity index (χ3v) is 2.94. The molecule has 1 aromatic carbocycles. The van der Waals surface area contributed by atoms with Crippen molar-refractivity contribution in [1.29, 1.82) is 0 Å². The number of carbonyl (C=O) groups excluding carboxylic acids is 1. The molecule has 1 aliphatic heterocycles. The Kier molecular flexibility index (Phi) is 6.54. The number of urea groups is 1. The second-order valence-corrected chi connectivity index (χ2v) is 4.33. The van der Waals surface area contributed by atoms with E-state index in [1.54, 1.807) is 0 Å². The van der Waals surface area contributed by atoms with Gasteiger partial charge in [0, 0.05) is 19.1 Å². The fraction of sp³-hybridized carbons (Fsp3) is 0.462. The van der Waals surface area contributed by atoms with Crippen molar-refractivity contribution in [2.45, 2.75) is 18.9 Å². The van der Waals surface area contributed by atoms with Crippen LogP contribution in [0.2, 0.25) is 0 Å². The number of nitrogens with one attached hydrogen (secondary N) is 3. The molecule has 0 spiro atoms. The zero-order chi connectivity index (χ0) is 11.9. The molecule has 2 rings (SSSR count). The smallest absolute Gasteiger partial charge is 0.315 e. The molecule has 0 aromatic heterocycles. The zero-order valence-electron chi connectivity index (χ0n) is 10.3. The lowest BCUT2D eigenvalue weighted by Crippen LogP contribution is -2.43. The van der Waals surface area contributed by atoms with Crippen LogP contribution in [-0.4, -0.2) is 31.7 Å². The standard InChI is InChI=1S/C13H19N3O.ClH/c17-13(16-12-7-8-14-10-12)15-9-6-11-4-2-1-3-5-11;/h1-5,12,14H,6-10H2,(H2,15,16,17);1H/t12-;/m0./s1. The van der Waals surface area contributed by atoms with Gasteiger partial charge in [0.15, 0.2) is 0 Å². The topological polar surface area (TPSA) is 53.2 Å². The minimum atomic E-state index is -0.0605. The average Bonchev–Trinajstić information content (AvgIpc) is 2.83. The highest BCUT2D eigenvalue weighted by Crippen LogP contribution is 1.98. The molecular formula is C13H20ClN3O. The summed E-state index contributed by atoms with van der Waals surface area (Å²) in [5.74, 6) is 0. The lowest BCUT2D eigenvalue weighted by molar-refractivity contribution is 0.238. The van der Waals surface area contributed by atoms with Crippen LogP contribution in [0.25, 0.3) is 0 Å². The van der Waals surface area contributed by atoms with E-state index in [-0.39, 0.29) is 24.5 Å². The second kappa shape index (κ2) is 7.95. The largest absolute Gasteiger partial charge is 0.338 e. The Balaban J connectivity index is 0.00000162. The van der Waals surface area contributed by atoms with E-state index in [1.807, 2.05) is 18.2 Å². The summed E-state index contributed by atoms with van der Waals surface area (Å²) in [4.78, 5) is 11.5. The molecule has 2 amide bonds. The van der Waals surface area contributed by atoms with Crippen molar-refractivity contribution in [1.82, 2.24) is 16.0 Å². The van der Waals surface area contributed by atoms with Gasteiger partial charge in [-0.05, 0) is 24.9 Å². The molecule has 0 unspecified atom stereocenters. The van der Waals surface area contributed by atoms with Gasteiger partial charge in [-0.3, -0.25) is 0 Å². The Bertz CT molecular complexity index is 353. The number of carbonyl (C=O) groups is 1. The Morgan fingerprint density at radius 3 is 2.78 bits per heavy atom. The highest BCUT2D eigenvalue weighted by Gasteiger charge is 2.15. The molecule has 0 aliphatic carbocycles. The first-order chi connectivity index (χ1) is 8.34. The van der Waals surface area contributed by atoms with Crippen molar-refractivity contribution < 1.29 is 4.79 Å². The van der Waals surface area contributed by atoms with Gasteiger partial charge in [0.05, 0.1) is 0 Å². The molecule has 1 atom stereocenters. The lowest BCUT2D eigenvalue weighted by atomic mass is 10.1. The molecule has 0 bridgehead atoms. The first kappa shape index (κ1) is 14.8. The Hall–Kier alpha value is -1.26. The molecule has 100 valence electrons. The van der Waals surface area contributed by atoms with Crippen LogP contribution in [0.15, 0.2) is 30.3 Å². The first-order valence-corrected chi connectivity index (χ1v) is 6.13. The SMILES string of the molecule is Cl.O=C(NCCc1ccccc1)N[C@H]1CCNC1. The summed E-state index contributed by atoms with van der Waals surface area (Å²) in [6.07, 6.45) is 1.89. The van der Waals surface area contributed by atoms with Gasteiger partial charge < -0.3 is 16.0 Å². The van der Waals surface area contributed by atoms with Gasteiger partial charge in [0.2, 0.25) is 0 Å². The van der Waals surface area contributed by atoms with Crippen molar-refractivity contribution in [2.24, 2.45) is 0 Å². The Morgan fingerprint density at radius 2 is 2.11 bits per heavy atom. The van der Waals surface area contributed by atoms with E-state index in [4.69, 9.17) is 0 Å². The second-order valence-electron chi connectivity index (χ2n) is 4.33. The molecule has 1 aromatic rings. The summed E-state index contributed by atoms with van der Waals surface area (Å²) < 4.78 is 0. The minimum absolute atomic E-state index is 0. The van der Waals surface area contributed by atoms with Crippen molar-refractivity contribution in [2.75, 3.05) is 19.6 Å². The van der Waals surface area contributed by atoms with Gasteiger partial charge >= 0.3 is 6.03 Å². The third-order valence-electron chi connectivity index (χ3n) is 2.94. The molecule has 0 saturated carbocycles. The summed E-state index contributed by atoms with van der Waals surface area (Å²) in [6, 6.07) is 10.4. The van der Waals surface area contributed by atoms with Crippen LogP contribution < -0.4 is 16.0 Å². The van der Waals surface area contributed by atoms with Gasteiger partial charge in [-0.25, -0.2) is 4.79 Å². The summed E-state index contributed by atoms with van der Waals surface area (Å²) in [7, 11) is 0. The van der Waals surface area contributed by atoms with Crippen LogP contribution in [0.4, 0.5) is 4.79 Å². The Labute approximate surface area is 114 Å². The maximum atomic E-state index is 11.5. The number of amides is 2. The van der Waals surface area contributed by atoms with E-state index in [2.05, 4.69) is 28.1 Å². The van der Waals surface area contributed by atoms with Crippen LogP contribution >= 0.6 is 12.4 Å². The normalized spacial score (nSPS) is 17.9. The van der Waals surface area contributed by atoms with Crippen LogP contribution in [0.5, 0.6) is 0 Å². The highest BCUT2D eigenvalue weighted by molar-refractivity contribution is 5.85. The molecule has 1 fully saturated rings. The zero-order valence-corrected chi connectivity index (χ0v) is 11.1. The molecule has 3 N–H and O–H groups in total. The van der Waals surface area contributed by atoms with Crippen molar-refractivity contribution in [3.05, 3.63) is 35.9 Å². The Morgan fingerprint density at radius 1 is 1.33 bits per heavy atom. The minimum Gasteiger partial charge on any atom is -0.338 e. The molecule has 0 radical (unpaired) electrons. The summed E-state index contributed by atoms with van der Waals surface area (Å²) >= 11 is 0. The van der Waals surface area contributed by atoms with Crippen LogP contribution in [-0.2, 0) is 6.42 Å². The quantitative estimate of drug-likeness (QED) is 0.772. The molecule has 5 heteroatoms. The number of hydrogen-bond acceptors (Lipinski definition) is 2. The predicted octanol–water partition coefficient (Wildman–Crippen LogP) is 1.31. The van der Waals surface area contributed by atoms with Crippen molar-refractivity contribution in [3.8, 4) is 0 Å². The van der Waals surface area contributed by atoms with E-state index in [0.29, 0.717) is 6.54 Å². The van der Waals surface area contributed by atoms with Gasteiger partial charge in [-0.15, -0.1) is 12.4 Å². The highest BCUT2D eigenvalue weighted by atomic mass is 35.5. The van der Waals surface area contributed by atoms with Gasteiger partial charge in [0.25, 0.3) is 0 Å². The van der Waals surface area contributed by atoms with E-state index in [0.717, 1.165) is 25.9 Å². The van der Waals surface area contributed by atoms with Crippen molar-refractivity contribution >= 4 is 18.4 Å². The third kappa shape index (κ3) is 4.94. The van der Waals surface area contributed by atoms with Crippen LogP contribution in [0, 0.1) is 0 Å².